The summed E-state index contributed by atoms with van der Waals surface area (Å²) in [7, 11) is 0. The fourth-order valence-corrected chi connectivity index (χ4v) is 4.07. The summed E-state index contributed by atoms with van der Waals surface area (Å²) >= 11 is 0. The van der Waals surface area contributed by atoms with Crippen LogP contribution in [0.3, 0.4) is 0 Å². The molecule has 0 aliphatic rings. The molecule has 1 atom stereocenters. The number of nitrogens with one attached hydrogen (secondary N) is 1. The van der Waals surface area contributed by atoms with Crippen LogP contribution in [-0.4, -0.2) is 22.4 Å². The normalized spacial score (nSPS) is 11.4. The predicted octanol–water partition coefficient (Wildman–Crippen LogP) is 4.62. The summed E-state index contributed by atoms with van der Waals surface area (Å²) in [6.45, 7) is 0.464. The Labute approximate surface area is 203 Å². The molecule has 4 aromatic rings. The number of nitrogens with zero attached hydrogens (tertiary/aromatic N) is 3. The van der Waals surface area contributed by atoms with E-state index in [9.17, 15) is 14.4 Å². The number of nitriles is 1. The van der Waals surface area contributed by atoms with E-state index < -0.39 is 11.8 Å². The summed E-state index contributed by atoms with van der Waals surface area (Å²) in [6, 6.07) is 23.4. The second-order valence-electron chi connectivity index (χ2n) is 8.05. The number of carbonyl (C=O) groups excluding carboxylic acids is 1. The predicted molar refractivity (Wildman–Crippen MR) is 133 cm³/mol. The first kappa shape index (κ1) is 23.6. The topological polar surface area (TPSA) is 105 Å². The molecule has 2 heterocycles. The van der Waals surface area contributed by atoms with Gasteiger partial charge in [-0.15, -0.1) is 0 Å². The first-order chi connectivity index (χ1) is 17.1. The molecule has 0 bridgehead atoms. The van der Waals surface area contributed by atoms with Crippen molar-refractivity contribution in [2.24, 2.45) is 5.73 Å². The molecule has 6 nitrogen and oxygen atoms in total. The Morgan fingerprint density at radius 3 is 2.69 bits per heavy atom. The highest BCUT2D eigenvalue weighted by atomic mass is 19.1. The quantitative estimate of drug-likeness (QED) is 0.375. The lowest BCUT2D eigenvalue weighted by atomic mass is 9.91. The number of benzene rings is 2. The van der Waals surface area contributed by atoms with Crippen molar-refractivity contribution in [3.8, 4) is 17.3 Å². The van der Waals surface area contributed by atoms with E-state index in [-0.39, 0.29) is 12.2 Å². The van der Waals surface area contributed by atoms with Crippen LogP contribution in [0.1, 0.15) is 28.2 Å². The molecule has 1 unspecified atom stereocenters. The van der Waals surface area contributed by atoms with Gasteiger partial charge in [0.2, 0.25) is 5.91 Å². The second-order valence-corrected chi connectivity index (χ2v) is 8.05. The number of nitrogens with two attached hydrogens (primary N) is 1. The molecule has 2 aromatic carbocycles. The molecule has 1 amide bonds. The van der Waals surface area contributed by atoms with Crippen molar-refractivity contribution in [2.45, 2.75) is 18.8 Å². The Bertz CT molecular complexity index is 1370. The summed E-state index contributed by atoms with van der Waals surface area (Å²) in [5.41, 5.74) is 10.3. The molecular weight excluding hydrogens is 441 g/mol. The molecular formula is C28H24FN5O. The van der Waals surface area contributed by atoms with Crippen molar-refractivity contribution in [1.29, 1.82) is 5.26 Å². The zero-order valence-electron chi connectivity index (χ0n) is 19.0. The van der Waals surface area contributed by atoms with Gasteiger partial charge in [0, 0.05) is 30.1 Å². The number of pyridine rings is 2. The van der Waals surface area contributed by atoms with Crippen molar-refractivity contribution in [3.63, 3.8) is 0 Å². The standard InChI is InChI=1S/C28H24FN5O/c29-22-8-3-5-19(17-22)13-16-33-28-24(26(27(31)35)21-7-4-15-32-18-21)10-11-25(34-28)23-9-2-1-6-20(23)12-14-30/h1-11,15,17-18,26H,12-13,16H2,(H2,31,35)(H,33,34). The van der Waals surface area contributed by atoms with Crippen LogP contribution in [0.5, 0.6) is 0 Å². The molecule has 0 radical (unpaired) electrons. The van der Waals surface area contributed by atoms with Crippen LogP contribution >= 0.6 is 0 Å². The number of halogens is 1. The number of anilines is 1. The number of amides is 1. The average molecular weight is 466 g/mol. The first-order valence-electron chi connectivity index (χ1n) is 11.2. The van der Waals surface area contributed by atoms with E-state index in [4.69, 9.17) is 10.7 Å². The van der Waals surface area contributed by atoms with Crippen LogP contribution in [-0.2, 0) is 17.6 Å². The highest BCUT2D eigenvalue weighted by Crippen LogP contribution is 2.32. The molecule has 3 N–H and O–H groups in total. The maximum Gasteiger partial charge on any atom is 0.229 e. The number of aromatic nitrogens is 2. The van der Waals surface area contributed by atoms with Gasteiger partial charge in [-0.05, 0) is 47.4 Å². The van der Waals surface area contributed by atoms with Gasteiger partial charge in [-0.1, -0.05) is 48.5 Å². The van der Waals surface area contributed by atoms with E-state index in [1.165, 1.54) is 12.1 Å². The lowest BCUT2D eigenvalue weighted by molar-refractivity contribution is -0.118. The lowest BCUT2D eigenvalue weighted by Gasteiger charge is -2.20. The number of carbonyl (C=O) groups is 1. The minimum absolute atomic E-state index is 0.252. The minimum atomic E-state index is -0.753. The number of hydrogen-bond donors (Lipinski definition) is 2. The minimum Gasteiger partial charge on any atom is -0.369 e. The van der Waals surface area contributed by atoms with Crippen LogP contribution in [0.15, 0.2) is 85.2 Å². The third kappa shape index (κ3) is 5.68. The van der Waals surface area contributed by atoms with E-state index in [2.05, 4.69) is 16.4 Å². The smallest absolute Gasteiger partial charge is 0.229 e. The molecule has 4 rings (SSSR count). The van der Waals surface area contributed by atoms with Crippen molar-refractivity contribution >= 4 is 11.7 Å². The Morgan fingerprint density at radius 2 is 1.94 bits per heavy atom. The number of hydrogen-bond acceptors (Lipinski definition) is 5. The van der Waals surface area contributed by atoms with Gasteiger partial charge in [0.15, 0.2) is 0 Å². The molecule has 174 valence electrons. The van der Waals surface area contributed by atoms with E-state index >= 15 is 0 Å². The molecule has 0 saturated heterocycles. The zero-order valence-corrected chi connectivity index (χ0v) is 19.0. The summed E-state index contributed by atoms with van der Waals surface area (Å²) < 4.78 is 13.6. The first-order valence-corrected chi connectivity index (χ1v) is 11.2. The maximum absolute atomic E-state index is 13.6. The molecule has 0 aliphatic heterocycles. The van der Waals surface area contributed by atoms with Crippen molar-refractivity contribution in [3.05, 3.63) is 113 Å². The monoisotopic (exact) mass is 465 g/mol. The Kier molecular flexibility index (Phi) is 7.44. The summed E-state index contributed by atoms with van der Waals surface area (Å²) in [4.78, 5) is 21.5. The van der Waals surface area contributed by atoms with Crippen molar-refractivity contribution in [1.82, 2.24) is 9.97 Å². The second kappa shape index (κ2) is 11.0. The molecule has 7 heteroatoms. The van der Waals surface area contributed by atoms with Gasteiger partial charge in [0.05, 0.1) is 24.1 Å². The van der Waals surface area contributed by atoms with E-state index in [1.54, 1.807) is 30.6 Å². The van der Waals surface area contributed by atoms with E-state index in [0.29, 0.717) is 35.6 Å². The Morgan fingerprint density at radius 1 is 1.09 bits per heavy atom. The highest BCUT2D eigenvalue weighted by Gasteiger charge is 2.25. The van der Waals surface area contributed by atoms with Crippen LogP contribution in [0.4, 0.5) is 10.2 Å². The summed E-state index contributed by atoms with van der Waals surface area (Å²) in [5, 5.41) is 12.5. The average Bonchev–Trinajstić information content (AvgIpc) is 2.86. The number of primary amides is 1. The van der Waals surface area contributed by atoms with Gasteiger partial charge < -0.3 is 11.1 Å². The molecule has 35 heavy (non-hydrogen) atoms. The van der Waals surface area contributed by atoms with Crippen molar-refractivity contribution < 1.29 is 9.18 Å². The molecule has 0 aliphatic carbocycles. The third-order valence-corrected chi connectivity index (χ3v) is 5.70. The fourth-order valence-electron chi connectivity index (χ4n) is 4.07. The van der Waals surface area contributed by atoms with Crippen molar-refractivity contribution in [2.75, 3.05) is 11.9 Å². The Balaban J connectivity index is 1.74. The SMILES string of the molecule is N#CCc1ccccc1-c1ccc(C(C(N)=O)c2cccnc2)c(NCCc2cccc(F)c2)n1. The van der Waals surface area contributed by atoms with Gasteiger partial charge in [-0.2, -0.15) is 5.26 Å². The maximum atomic E-state index is 13.6. The summed E-state index contributed by atoms with van der Waals surface area (Å²) in [6.07, 6.45) is 4.05. The third-order valence-electron chi connectivity index (χ3n) is 5.70. The number of rotatable bonds is 9. The van der Waals surface area contributed by atoms with Gasteiger partial charge in [-0.25, -0.2) is 9.37 Å². The summed E-state index contributed by atoms with van der Waals surface area (Å²) in [5.74, 6) is -1.07. The largest absolute Gasteiger partial charge is 0.369 e. The van der Waals surface area contributed by atoms with E-state index in [0.717, 1.165) is 16.7 Å². The van der Waals surface area contributed by atoms with Crippen LogP contribution in [0.25, 0.3) is 11.3 Å². The van der Waals surface area contributed by atoms with Crippen LogP contribution in [0, 0.1) is 17.1 Å². The lowest BCUT2D eigenvalue weighted by Crippen LogP contribution is -2.24. The fraction of sp³-hybridized carbons (Fsp3) is 0.143. The zero-order chi connectivity index (χ0) is 24.6. The molecule has 0 fully saturated rings. The van der Waals surface area contributed by atoms with Gasteiger partial charge in [-0.3, -0.25) is 9.78 Å². The van der Waals surface area contributed by atoms with Gasteiger partial charge >= 0.3 is 0 Å². The molecule has 0 spiro atoms. The molecule has 2 aromatic heterocycles. The van der Waals surface area contributed by atoms with Gasteiger partial charge in [0.25, 0.3) is 0 Å². The van der Waals surface area contributed by atoms with Crippen LogP contribution in [0.2, 0.25) is 0 Å². The van der Waals surface area contributed by atoms with E-state index in [1.807, 2.05) is 42.5 Å². The van der Waals surface area contributed by atoms with Gasteiger partial charge in [0.1, 0.15) is 11.6 Å². The molecule has 0 saturated carbocycles. The highest BCUT2D eigenvalue weighted by molar-refractivity contribution is 5.87. The van der Waals surface area contributed by atoms with Crippen LogP contribution < -0.4 is 11.1 Å². The Hall–Kier alpha value is -4.57.